The molecule has 3 N–H and O–H groups in total. The van der Waals surface area contributed by atoms with Gasteiger partial charge in [0, 0.05) is 31.0 Å². The summed E-state index contributed by atoms with van der Waals surface area (Å²) in [4.78, 5) is 14.0. The van der Waals surface area contributed by atoms with E-state index in [0.717, 1.165) is 43.2 Å². The van der Waals surface area contributed by atoms with Gasteiger partial charge in [0.1, 0.15) is 6.04 Å². The molecule has 1 atom stereocenters. The lowest BCUT2D eigenvalue weighted by Crippen LogP contribution is -2.36. The predicted molar refractivity (Wildman–Crippen MR) is 87.1 cm³/mol. The number of anilines is 2. The van der Waals surface area contributed by atoms with Crippen molar-refractivity contribution in [3.63, 3.8) is 0 Å². The third kappa shape index (κ3) is 4.11. The summed E-state index contributed by atoms with van der Waals surface area (Å²) in [6.45, 7) is 7.64. The molecule has 0 aromatic heterocycles. The maximum Gasteiger partial charge on any atom is 0.328 e. The Morgan fingerprint density at radius 3 is 2.82 bits per heavy atom. The fourth-order valence-corrected chi connectivity index (χ4v) is 2.47. The quantitative estimate of drug-likeness (QED) is 0.773. The number of nitrogens with zero attached hydrogens (tertiary/aromatic N) is 1. The summed E-state index contributed by atoms with van der Waals surface area (Å²) in [5.74, 6) is -0.261. The fourth-order valence-electron chi connectivity index (χ4n) is 2.47. The van der Waals surface area contributed by atoms with Gasteiger partial charge in [0.15, 0.2) is 0 Å². The molecule has 0 unspecified atom stereocenters. The molecule has 1 aromatic carbocycles. The molecule has 1 aromatic rings. The van der Waals surface area contributed by atoms with Gasteiger partial charge in [0.2, 0.25) is 0 Å². The van der Waals surface area contributed by atoms with Crippen LogP contribution in [0.25, 0.3) is 0 Å². The molecule has 0 radical (unpaired) electrons. The number of hydrogen-bond donors (Lipinski definition) is 2. The number of carbonyl (C=O) groups is 1. The molecule has 1 saturated heterocycles. The number of esters is 1. The average molecular weight is 307 g/mol. The molecule has 1 aliphatic rings. The molecular formula is C16H25N3O3. The molecule has 6 nitrogen and oxygen atoms in total. The Kier molecular flexibility index (Phi) is 6.03. The van der Waals surface area contributed by atoms with Crippen LogP contribution >= 0.6 is 0 Å². The highest BCUT2D eigenvalue weighted by Gasteiger charge is 2.17. The van der Waals surface area contributed by atoms with Crippen molar-refractivity contribution in [1.82, 2.24) is 0 Å². The molecule has 1 heterocycles. The van der Waals surface area contributed by atoms with Gasteiger partial charge in [-0.2, -0.15) is 0 Å². The van der Waals surface area contributed by atoms with Gasteiger partial charge in [-0.05, 0) is 37.6 Å². The Bertz CT molecular complexity index is 501. The zero-order valence-corrected chi connectivity index (χ0v) is 13.3. The summed E-state index contributed by atoms with van der Waals surface area (Å²) in [6, 6.07) is 5.69. The van der Waals surface area contributed by atoms with Crippen LogP contribution < -0.4 is 16.0 Å². The van der Waals surface area contributed by atoms with Crippen LogP contribution in [-0.2, 0) is 20.8 Å². The topological polar surface area (TPSA) is 76.8 Å². The molecule has 2 rings (SSSR count). The van der Waals surface area contributed by atoms with Gasteiger partial charge in [0.05, 0.1) is 19.8 Å². The van der Waals surface area contributed by atoms with E-state index < -0.39 is 6.04 Å². The number of nitrogens with one attached hydrogen (secondary N) is 1. The molecule has 0 amide bonds. The number of rotatable bonds is 6. The van der Waals surface area contributed by atoms with Crippen molar-refractivity contribution in [2.45, 2.75) is 26.4 Å². The van der Waals surface area contributed by atoms with E-state index in [0.29, 0.717) is 13.2 Å². The van der Waals surface area contributed by atoms with Crippen LogP contribution in [0.2, 0.25) is 0 Å². The maximum atomic E-state index is 11.7. The van der Waals surface area contributed by atoms with Crippen LogP contribution in [-0.4, -0.2) is 44.9 Å². The van der Waals surface area contributed by atoms with E-state index in [1.165, 1.54) is 0 Å². The molecule has 1 aliphatic heterocycles. The minimum Gasteiger partial charge on any atom is -0.464 e. The largest absolute Gasteiger partial charge is 0.464 e. The Balaban J connectivity index is 2.10. The summed E-state index contributed by atoms with van der Waals surface area (Å²) in [5, 5.41) is 3.18. The van der Waals surface area contributed by atoms with E-state index >= 15 is 0 Å². The van der Waals surface area contributed by atoms with Gasteiger partial charge < -0.3 is 25.4 Å². The van der Waals surface area contributed by atoms with Crippen molar-refractivity contribution in [2.75, 3.05) is 43.1 Å². The van der Waals surface area contributed by atoms with Crippen molar-refractivity contribution in [1.29, 1.82) is 0 Å². The lowest BCUT2D eigenvalue weighted by molar-refractivity contribution is -0.143. The summed E-state index contributed by atoms with van der Waals surface area (Å²) >= 11 is 0. The number of nitrogens with two attached hydrogens (primary N) is 1. The standard InChI is InChI=1S/C16H25N3O3/c1-3-22-16(20)12(2)18-15-5-4-14(10-13(15)11-17)19-6-8-21-9-7-19/h4-5,10,12,18H,3,6-9,11,17H2,1-2H3/t12-/m0/s1. The third-order valence-electron chi connectivity index (χ3n) is 3.70. The first kappa shape index (κ1) is 16.6. The molecule has 0 bridgehead atoms. The predicted octanol–water partition coefficient (Wildman–Crippen LogP) is 1.35. The van der Waals surface area contributed by atoms with Crippen LogP contribution in [0.5, 0.6) is 0 Å². The first-order valence-corrected chi connectivity index (χ1v) is 7.74. The van der Waals surface area contributed by atoms with E-state index in [9.17, 15) is 4.79 Å². The molecule has 0 saturated carbocycles. The SMILES string of the molecule is CCOC(=O)[C@H](C)Nc1ccc(N2CCOCC2)cc1CN. The van der Waals surface area contributed by atoms with E-state index in [4.69, 9.17) is 15.2 Å². The zero-order valence-electron chi connectivity index (χ0n) is 13.3. The van der Waals surface area contributed by atoms with E-state index in [2.05, 4.69) is 16.3 Å². The second kappa shape index (κ2) is 8.00. The first-order valence-electron chi connectivity index (χ1n) is 7.74. The van der Waals surface area contributed by atoms with Crippen LogP contribution in [0.4, 0.5) is 11.4 Å². The Hall–Kier alpha value is -1.79. The molecular weight excluding hydrogens is 282 g/mol. The van der Waals surface area contributed by atoms with Gasteiger partial charge in [-0.15, -0.1) is 0 Å². The number of hydrogen-bond acceptors (Lipinski definition) is 6. The van der Waals surface area contributed by atoms with Crippen molar-refractivity contribution < 1.29 is 14.3 Å². The van der Waals surface area contributed by atoms with E-state index in [1.54, 1.807) is 13.8 Å². The molecule has 6 heteroatoms. The van der Waals surface area contributed by atoms with E-state index in [-0.39, 0.29) is 5.97 Å². The smallest absolute Gasteiger partial charge is 0.328 e. The third-order valence-corrected chi connectivity index (χ3v) is 3.70. The van der Waals surface area contributed by atoms with Crippen LogP contribution in [0.15, 0.2) is 18.2 Å². The molecule has 0 spiro atoms. The lowest BCUT2D eigenvalue weighted by atomic mass is 10.1. The minimum absolute atomic E-state index is 0.261. The van der Waals surface area contributed by atoms with Crippen molar-refractivity contribution in [3.8, 4) is 0 Å². The number of benzene rings is 1. The zero-order chi connectivity index (χ0) is 15.9. The van der Waals surface area contributed by atoms with Gasteiger partial charge in [-0.3, -0.25) is 0 Å². The summed E-state index contributed by atoms with van der Waals surface area (Å²) < 4.78 is 10.4. The van der Waals surface area contributed by atoms with Gasteiger partial charge >= 0.3 is 5.97 Å². The monoisotopic (exact) mass is 307 g/mol. The highest BCUT2D eigenvalue weighted by atomic mass is 16.5. The molecule has 0 aliphatic carbocycles. The Labute approximate surface area is 131 Å². The maximum absolute atomic E-state index is 11.7. The minimum atomic E-state index is -0.403. The van der Waals surface area contributed by atoms with Gasteiger partial charge in [-0.25, -0.2) is 4.79 Å². The summed E-state index contributed by atoms with van der Waals surface area (Å²) in [5.41, 5.74) is 8.86. The first-order chi connectivity index (χ1) is 10.7. The highest BCUT2D eigenvalue weighted by Crippen LogP contribution is 2.24. The van der Waals surface area contributed by atoms with Gasteiger partial charge in [-0.1, -0.05) is 0 Å². The fraction of sp³-hybridized carbons (Fsp3) is 0.562. The second-order valence-corrected chi connectivity index (χ2v) is 5.26. The Morgan fingerprint density at radius 2 is 2.18 bits per heavy atom. The van der Waals surface area contributed by atoms with Crippen molar-refractivity contribution in [2.24, 2.45) is 5.73 Å². The lowest BCUT2D eigenvalue weighted by Gasteiger charge is -2.29. The van der Waals surface area contributed by atoms with Crippen LogP contribution in [0, 0.1) is 0 Å². The van der Waals surface area contributed by atoms with Crippen molar-refractivity contribution >= 4 is 17.3 Å². The highest BCUT2D eigenvalue weighted by molar-refractivity contribution is 5.79. The summed E-state index contributed by atoms with van der Waals surface area (Å²) in [6.07, 6.45) is 0. The van der Waals surface area contributed by atoms with Crippen LogP contribution in [0.3, 0.4) is 0 Å². The molecule has 122 valence electrons. The number of ether oxygens (including phenoxy) is 2. The van der Waals surface area contributed by atoms with E-state index in [1.807, 2.05) is 12.1 Å². The average Bonchev–Trinajstić information content (AvgIpc) is 2.56. The van der Waals surface area contributed by atoms with Crippen molar-refractivity contribution in [3.05, 3.63) is 23.8 Å². The molecule has 22 heavy (non-hydrogen) atoms. The van der Waals surface area contributed by atoms with Gasteiger partial charge in [0.25, 0.3) is 0 Å². The number of carbonyl (C=O) groups excluding carboxylic acids is 1. The van der Waals surface area contributed by atoms with Crippen LogP contribution in [0.1, 0.15) is 19.4 Å². The Morgan fingerprint density at radius 1 is 1.45 bits per heavy atom. The second-order valence-electron chi connectivity index (χ2n) is 5.26. The summed E-state index contributed by atoms with van der Waals surface area (Å²) in [7, 11) is 0. The molecule has 1 fully saturated rings. The normalized spacial score (nSPS) is 16.2. The number of morpholine rings is 1.